The molecule has 8 nitrogen and oxygen atoms in total. The van der Waals surface area contributed by atoms with E-state index in [9.17, 15) is 0 Å². The number of hydrogen-bond acceptors (Lipinski definition) is 8. The van der Waals surface area contributed by atoms with Gasteiger partial charge in [0, 0.05) is 0 Å². The molecule has 0 aliphatic carbocycles. The fraction of sp³-hybridized carbons (Fsp3) is 0.281. The van der Waals surface area contributed by atoms with Crippen LogP contribution in [0, 0.1) is 6.07 Å². The number of aromatic nitrogens is 2. The molecular weight excluding hydrogens is 717 g/mol. The van der Waals surface area contributed by atoms with Gasteiger partial charge in [0.15, 0.2) is 0 Å². The van der Waals surface area contributed by atoms with Crippen LogP contribution in [-0.4, -0.2) is 88.1 Å². The predicted octanol–water partition coefficient (Wildman–Crippen LogP) is 3.89. The minimum absolute atomic E-state index is 0.0930. The number of rotatable bonds is 8. The van der Waals surface area contributed by atoms with E-state index in [4.69, 9.17) is 10.2 Å². The fourth-order valence-electron chi connectivity index (χ4n) is 5.21. The second-order valence-electron chi connectivity index (χ2n) is 11.2. The molecule has 1 fully saturated rings. The Morgan fingerprint density at radius 1 is 0.698 bits per heavy atom. The third-order valence-electron chi connectivity index (χ3n) is 7.13. The van der Waals surface area contributed by atoms with Crippen LogP contribution in [0.2, 0.25) is 0 Å². The zero-order valence-corrected chi connectivity index (χ0v) is 27.8. The van der Waals surface area contributed by atoms with E-state index in [0.717, 1.165) is 32.2 Å². The second kappa shape index (κ2) is 15.0. The van der Waals surface area contributed by atoms with E-state index < -0.39 is 0 Å². The van der Waals surface area contributed by atoms with E-state index in [-0.39, 0.29) is 26.0 Å². The van der Waals surface area contributed by atoms with Crippen molar-refractivity contribution in [2.75, 3.05) is 37.8 Å². The summed E-state index contributed by atoms with van der Waals surface area (Å²) in [5.74, 6) is 0. The molecule has 2 aromatic heterocycles. The van der Waals surface area contributed by atoms with Crippen molar-refractivity contribution < 1.29 is 29.6 Å². The number of nitrogens with zero attached hydrogens (tertiary/aromatic N) is 6. The zero-order valence-electron chi connectivity index (χ0n) is 25.6. The van der Waals surface area contributed by atoms with Gasteiger partial charge in [-0.3, -0.25) is 0 Å². The van der Waals surface area contributed by atoms with E-state index >= 15 is 0 Å². The maximum absolute atomic E-state index is 8.56. The van der Waals surface area contributed by atoms with Crippen LogP contribution in [0.25, 0.3) is 22.3 Å². The Morgan fingerprint density at radius 3 is 1.56 bits per heavy atom. The summed E-state index contributed by atoms with van der Waals surface area (Å²) in [5, 5.41) is 17.1. The van der Waals surface area contributed by atoms with Gasteiger partial charge < -0.3 is 10.2 Å². The van der Waals surface area contributed by atoms with Gasteiger partial charge in [0.1, 0.15) is 0 Å². The van der Waals surface area contributed by atoms with E-state index in [1.54, 1.807) is 13.8 Å². The van der Waals surface area contributed by atoms with Crippen LogP contribution >= 0.6 is 0 Å². The van der Waals surface area contributed by atoms with Crippen molar-refractivity contribution in [2.45, 2.75) is 32.5 Å². The molecule has 0 spiro atoms. The van der Waals surface area contributed by atoms with Crippen LogP contribution in [0.5, 0.6) is 0 Å². The second-order valence-corrected chi connectivity index (χ2v) is 12.2. The van der Waals surface area contributed by atoms with Crippen molar-refractivity contribution in [3.8, 4) is 22.3 Å². The van der Waals surface area contributed by atoms with Crippen molar-refractivity contribution in [3.63, 3.8) is 0 Å². The molecule has 2 atom stereocenters. The molecule has 5 rings (SSSR count). The van der Waals surface area contributed by atoms with E-state index in [0.29, 0.717) is 6.42 Å². The molecule has 2 N–H and O–H groups in total. The van der Waals surface area contributed by atoms with Gasteiger partial charge in [-0.2, -0.15) is 0 Å². The summed E-state index contributed by atoms with van der Waals surface area (Å²) in [6.45, 7) is 3.52. The van der Waals surface area contributed by atoms with Crippen LogP contribution < -0.4 is 9.62 Å². The molecule has 1 aliphatic heterocycles. The quantitative estimate of drug-likeness (QED) is 0.208. The summed E-state index contributed by atoms with van der Waals surface area (Å²) >= 11 is 2.46. The molecule has 11 heteroatoms. The summed E-state index contributed by atoms with van der Waals surface area (Å²) < 4.78 is 1.14. The van der Waals surface area contributed by atoms with E-state index in [1.807, 2.05) is 49.1 Å². The summed E-state index contributed by atoms with van der Waals surface area (Å²) in [6, 6.07) is 26.9. The summed E-state index contributed by atoms with van der Waals surface area (Å²) in [7, 11) is 8.56. The Morgan fingerprint density at radius 2 is 1.14 bits per heavy atom. The van der Waals surface area contributed by atoms with Crippen molar-refractivity contribution in [1.82, 2.24) is 19.6 Å². The molecule has 0 amide bonds. The third kappa shape index (κ3) is 8.08. The number of aliphatic hydroxyl groups is 2. The van der Waals surface area contributed by atoms with Gasteiger partial charge in [0.25, 0.3) is 0 Å². The minimum atomic E-state index is -0.375. The van der Waals surface area contributed by atoms with Gasteiger partial charge in [0.05, 0.1) is 12.2 Å². The molecule has 1 aliphatic rings. The molecule has 0 bridgehead atoms. The molecule has 2 aromatic carbocycles. The average Bonchev–Trinajstić information content (AvgIpc) is 3.31. The fourth-order valence-corrected chi connectivity index (χ4v) is 6.38. The number of benzene rings is 2. The maximum atomic E-state index is 8.56. The van der Waals surface area contributed by atoms with Crippen LogP contribution in [0.3, 0.4) is 0 Å². The molecule has 1 saturated heterocycles. The van der Waals surface area contributed by atoms with Crippen molar-refractivity contribution in [3.05, 3.63) is 97.6 Å². The van der Waals surface area contributed by atoms with Gasteiger partial charge in [0.2, 0.25) is 0 Å². The molecule has 3 heterocycles. The SMILES string of the molecule is CC(O)CC(C)O.CN(C)B1B(N(C)C)N(c2ccc(-c3ccncc3)cc2)[C](=[Pt])N1c1[c-]cc(-c2ccncc2)cc1. The first-order valence-electron chi connectivity index (χ1n) is 14.3. The molecule has 0 saturated carbocycles. The molecule has 4 aromatic rings. The molecule has 43 heavy (non-hydrogen) atoms. The zero-order chi connectivity index (χ0) is 31.1. The Hall–Kier alpha value is -3.13. The Bertz CT molecular complexity index is 1330. The van der Waals surface area contributed by atoms with Gasteiger partial charge in [-0.25, -0.2) is 0 Å². The monoisotopic (exact) mass is 756 g/mol. The molecule has 2 unspecified atom stereocenters. The van der Waals surface area contributed by atoms with Crippen molar-refractivity contribution >= 4 is 29.3 Å². The van der Waals surface area contributed by atoms with Gasteiger partial charge in [-0.05, 0) is 20.3 Å². The van der Waals surface area contributed by atoms with Crippen molar-refractivity contribution in [1.29, 1.82) is 0 Å². The van der Waals surface area contributed by atoms with Gasteiger partial charge in [-0.1, -0.05) is 0 Å². The van der Waals surface area contributed by atoms with Crippen LogP contribution in [0.4, 0.5) is 11.4 Å². The predicted molar refractivity (Wildman–Crippen MR) is 175 cm³/mol. The van der Waals surface area contributed by atoms with Gasteiger partial charge in [-0.15, -0.1) is 0 Å². The molecular formula is C32H39B2N6O2Pt-. The Balaban J connectivity index is 0.000000541. The topological polar surface area (TPSA) is 79.2 Å². The van der Waals surface area contributed by atoms with Crippen molar-refractivity contribution in [2.24, 2.45) is 0 Å². The van der Waals surface area contributed by atoms with Crippen LogP contribution in [0.1, 0.15) is 20.3 Å². The average molecular weight is 756 g/mol. The summed E-state index contributed by atoms with van der Waals surface area (Å²) in [5.41, 5.74) is 6.80. The number of anilines is 2. The normalized spacial score (nSPS) is 14.7. The first-order chi connectivity index (χ1) is 20.6. The first kappa shape index (κ1) is 32.8. The molecule has 0 radical (unpaired) electrons. The standard InChI is InChI=1S/C27H27B2N6.C5H12O2.Pt/c1-32(2)28-29(33(3)4)35(27-11-7-23(8-12-27)25-15-19-31-20-16-25)21-34(28)26-9-5-22(6-10-26)24-13-17-30-18-14-24;1-4(6)3-5(2)7;/h5-11,13-20H,1-4H3;4-7H,3H2,1-2H3;/q-1;;. The summed E-state index contributed by atoms with van der Waals surface area (Å²) in [6.07, 6.45) is 7.03. The van der Waals surface area contributed by atoms with E-state index in [1.165, 1.54) is 5.56 Å². The molecule has 226 valence electrons. The number of hydrogen-bond donors (Lipinski definition) is 2. The number of aliphatic hydroxyl groups excluding tert-OH is 2. The Kier molecular flexibility index (Phi) is 11.5. The Labute approximate surface area is 267 Å². The summed E-state index contributed by atoms with van der Waals surface area (Å²) in [4.78, 5) is 17.6. The third-order valence-corrected chi connectivity index (χ3v) is 8.23. The van der Waals surface area contributed by atoms with Crippen LogP contribution in [0.15, 0.2) is 91.5 Å². The number of pyridine rings is 2. The van der Waals surface area contributed by atoms with Gasteiger partial charge >= 0.3 is 226 Å². The first-order valence-corrected chi connectivity index (χ1v) is 15.4. The van der Waals surface area contributed by atoms with E-state index in [2.05, 4.69) is 125 Å². The van der Waals surface area contributed by atoms with Crippen LogP contribution in [-0.2, 0) is 19.4 Å².